The van der Waals surface area contributed by atoms with Gasteiger partial charge in [0.2, 0.25) is 5.95 Å². The number of halogens is 1. The maximum atomic E-state index is 13.2. The van der Waals surface area contributed by atoms with Gasteiger partial charge < -0.3 is 16.0 Å². The topological polar surface area (TPSA) is 54.2 Å². The zero-order valence-corrected chi connectivity index (χ0v) is 10.1. The van der Waals surface area contributed by atoms with Crippen molar-refractivity contribution in [3.05, 3.63) is 18.1 Å². The molecule has 0 aromatic carbocycles. The summed E-state index contributed by atoms with van der Waals surface area (Å²) in [5, 5.41) is 3.32. The van der Waals surface area contributed by atoms with E-state index in [-0.39, 0.29) is 0 Å². The first-order chi connectivity index (χ1) is 8.22. The fraction of sp³-hybridized carbons (Fsp3) is 0.583. The van der Waals surface area contributed by atoms with Gasteiger partial charge in [0.15, 0.2) is 5.82 Å². The first-order valence-electron chi connectivity index (χ1n) is 6.11. The molecular weight excluding hydrogens is 219 g/mol. The van der Waals surface area contributed by atoms with E-state index in [1.807, 2.05) is 6.92 Å². The number of nitrogens with zero attached hydrogens (tertiary/aromatic N) is 2. The van der Waals surface area contributed by atoms with Gasteiger partial charge >= 0.3 is 0 Å². The standard InChI is InChI=1S/C12H19FN4/c1-2-17(9-5-7-15-8-6-9)12-10(14)3-4-11(13)16-12/h3-4,9,15H,2,5-8,14H2,1H3. The van der Waals surface area contributed by atoms with Crippen LogP contribution >= 0.6 is 0 Å². The van der Waals surface area contributed by atoms with Crippen molar-refractivity contribution >= 4 is 11.5 Å². The first-order valence-corrected chi connectivity index (χ1v) is 6.11. The Kier molecular flexibility index (Phi) is 3.78. The van der Waals surface area contributed by atoms with Crippen LogP contribution < -0.4 is 16.0 Å². The highest BCUT2D eigenvalue weighted by Gasteiger charge is 2.22. The summed E-state index contributed by atoms with van der Waals surface area (Å²) < 4.78 is 13.2. The van der Waals surface area contributed by atoms with E-state index in [0.29, 0.717) is 17.5 Å². The minimum atomic E-state index is -0.471. The fourth-order valence-corrected chi connectivity index (χ4v) is 2.37. The highest BCUT2D eigenvalue weighted by molar-refractivity contribution is 5.62. The van der Waals surface area contributed by atoms with Crippen LogP contribution in [0.5, 0.6) is 0 Å². The number of nitrogen functional groups attached to an aromatic ring is 1. The Morgan fingerprint density at radius 3 is 2.82 bits per heavy atom. The molecule has 17 heavy (non-hydrogen) atoms. The molecular formula is C12H19FN4. The molecule has 1 aromatic heterocycles. The molecule has 3 N–H and O–H groups in total. The zero-order chi connectivity index (χ0) is 12.3. The quantitative estimate of drug-likeness (QED) is 0.781. The normalized spacial score (nSPS) is 17.1. The van der Waals surface area contributed by atoms with Crippen molar-refractivity contribution in [2.75, 3.05) is 30.3 Å². The number of hydrogen-bond donors (Lipinski definition) is 2. The van der Waals surface area contributed by atoms with Crippen molar-refractivity contribution in [2.24, 2.45) is 0 Å². The van der Waals surface area contributed by atoms with E-state index in [1.165, 1.54) is 6.07 Å². The summed E-state index contributed by atoms with van der Waals surface area (Å²) in [6.45, 7) is 4.84. The second-order valence-corrected chi connectivity index (χ2v) is 4.31. The van der Waals surface area contributed by atoms with Gasteiger partial charge in [-0.05, 0) is 45.0 Å². The van der Waals surface area contributed by atoms with Crippen LogP contribution in [-0.2, 0) is 0 Å². The Morgan fingerprint density at radius 2 is 2.18 bits per heavy atom. The Bertz CT molecular complexity index is 377. The van der Waals surface area contributed by atoms with Crippen molar-refractivity contribution in [3.8, 4) is 0 Å². The third kappa shape index (κ3) is 2.66. The molecule has 1 saturated heterocycles. The molecule has 0 aliphatic carbocycles. The van der Waals surface area contributed by atoms with Gasteiger partial charge in [0.25, 0.3) is 0 Å². The molecule has 0 amide bonds. The zero-order valence-electron chi connectivity index (χ0n) is 10.1. The summed E-state index contributed by atoms with van der Waals surface area (Å²) in [4.78, 5) is 6.04. The van der Waals surface area contributed by atoms with Crippen LogP contribution in [0.3, 0.4) is 0 Å². The molecule has 5 heteroatoms. The summed E-state index contributed by atoms with van der Waals surface area (Å²) in [5.74, 6) is 0.112. The molecule has 0 radical (unpaired) electrons. The Balaban J connectivity index is 2.24. The van der Waals surface area contributed by atoms with Gasteiger partial charge in [-0.2, -0.15) is 4.39 Å². The molecule has 0 saturated carbocycles. The summed E-state index contributed by atoms with van der Waals surface area (Å²) in [5.41, 5.74) is 6.43. The summed E-state index contributed by atoms with van der Waals surface area (Å²) in [6, 6.07) is 3.29. The number of aromatic nitrogens is 1. The lowest BCUT2D eigenvalue weighted by molar-refractivity contribution is 0.430. The number of nitrogens with one attached hydrogen (secondary N) is 1. The number of nitrogens with two attached hydrogens (primary N) is 1. The number of pyridine rings is 1. The van der Waals surface area contributed by atoms with Crippen LogP contribution in [0.25, 0.3) is 0 Å². The predicted octanol–water partition coefficient (Wildman–Crippen LogP) is 1.38. The van der Waals surface area contributed by atoms with Crippen LogP contribution in [0.4, 0.5) is 15.9 Å². The van der Waals surface area contributed by atoms with Crippen molar-refractivity contribution < 1.29 is 4.39 Å². The lowest BCUT2D eigenvalue weighted by Gasteiger charge is -2.35. The molecule has 2 rings (SSSR count). The van der Waals surface area contributed by atoms with Crippen LogP contribution in [0.2, 0.25) is 0 Å². The minimum absolute atomic E-state index is 0.401. The lowest BCUT2D eigenvalue weighted by Crippen LogP contribution is -2.43. The highest BCUT2D eigenvalue weighted by Crippen LogP contribution is 2.25. The Hall–Kier alpha value is -1.36. The van der Waals surface area contributed by atoms with Gasteiger partial charge in [0.1, 0.15) is 0 Å². The Morgan fingerprint density at radius 1 is 1.47 bits per heavy atom. The largest absolute Gasteiger partial charge is 0.396 e. The molecule has 94 valence electrons. The minimum Gasteiger partial charge on any atom is -0.396 e. The van der Waals surface area contributed by atoms with Gasteiger partial charge in [-0.25, -0.2) is 4.98 Å². The molecule has 1 aromatic rings. The first kappa shape index (κ1) is 12.1. The van der Waals surface area contributed by atoms with Gasteiger partial charge in [0, 0.05) is 12.6 Å². The monoisotopic (exact) mass is 238 g/mol. The van der Waals surface area contributed by atoms with E-state index < -0.39 is 5.95 Å². The van der Waals surface area contributed by atoms with Crippen LogP contribution in [-0.4, -0.2) is 30.7 Å². The van der Waals surface area contributed by atoms with E-state index in [0.717, 1.165) is 32.5 Å². The molecule has 4 nitrogen and oxygen atoms in total. The molecule has 1 aliphatic heterocycles. The molecule has 2 heterocycles. The second-order valence-electron chi connectivity index (χ2n) is 4.31. The number of rotatable bonds is 3. The van der Waals surface area contributed by atoms with Crippen LogP contribution in [0, 0.1) is 5.95 Å². The molecule has 1 aliphatic rings. The SMILES string of the molecule is CCN(c1nc(F)ccc1N)C1CCNCC1. The Labute approximate surface area is 101 Å². The molecule has 0 bridgehead atoms. The number of hydrogen-bond acceptors (Lipinski definition) is 4. The third-order valence-electron chi connectivity index (χ3n) is 3.23. The van der Waals surface area contributed by atoms with E-state index in [1.54, 1.807) is 6.07 Å². The van der Waals surface area contributed by atoms with Crippen LogP contribution in [0.15, 0.2) is 12.1 Å². The van der Waals surface area contributed by atoms with E-state index in [4.69, 9.17) is 5.73 Å². The molecule has 1 fully saturated rings. The molecule has 0 unspecified atom stereocenters. The van der Waals surface area contributed by atoms with Crippen molar-refractivity contribution in [3.63, 3.8) is 0 Å². The average molecular weight is 238 g/mol. The van der Waals surface area contributed by atoms with Gasteiger partial charge in [0.05, 0.1) is 5.69 Å². The number of anilines is 2. The van der Waals surface area contributed by atoms with Gasteiger partial charge in [-0.15, -0.1) is 0 Å². The van der Waals surface area contributed by atoms with E-state index in [2.05, 4.69) is 15.2 Å². The fourth-order valence-electron chi connectivity index (χ4n) is 2.37. The van der Waals surface area contributed by atoms with Crippen molar-refractivity contribution in [2.45, 2.75) is 25.8 Å². The predicted molar refractivity (Wildman–Crippen MR) is 67.5 cm³/mol. The summed E-state index contributed by atoms with van der Waals surface area (Å²) >= 11 is 0. The molecule has 0 spiro atoms. The van der Waals surface area contributed by atoms with Crippen molar-refractivity contribution in [1.82, 2.24) is 10.3 Å². The lowest BCUT2D eigenvalue weighted by atomic mass is 10.0. The van der Waals surface area contributed by atoms with Crippen molar-refractivity contribution in [1.29, 1.82) is 0 Å². The maximum absolute atomic E-state index is 13.2. The van der Waals surface area contributed by atoms with E-state index in [9.17, 15) is 4.39 Å². The maximum Gasteiger partial charge on any atom is 0.214 e. The molecule has 0 atom stereocenters. The summed E-state index contributed by atoms with van der Waals surface area (Å²) in [6.07, 6.45) is 2.09. The van der Waals surface area contributed by atoms with E-state index >= 15 is 0 Å². The average Bonchev–Trinajstić information content (AvgIpc) is 2.36. The second kappa shape index (κ2) is 5.31. The third-order valence-corrected chi connectivity index (χ3v) is 3.23. The van der Waals surface area contributed by atoms with Gasteiger partial charge in [-0.1, -0.05) is 0 Å². The number of piperidine rings is 1. The summed E-state index contributed by atoms with van der Waals surface area (Å²) in [7, 11) is 0. The smallest absolute Gasteiger partial charge is 0.214 e. The highest BCUT2D eigenvalue weighted by atomic mass is 19.1. The van der Waals surface area contributed by atoms with Crippen LogP contribution in [0.1, 0.15) is 19.8 Å². The van der Waals surface area contributed by atoms with Gasteiger partial charge in [-0.3, -0.25) is 0 Å².